The maximum Gasteiger partial charge on any atom is 0.408 e. The van der Waals surface area contributed by atoms with Crippen LogP contribution in [0.3, 0.4) is 0 Å². The molecule has 0 fully saturated rings. The minimum atomic E-state index is -0.689. The summed E-state index contributed by atoms with van der Waals surface area (Å²) >= 11 is 1.30. The third-order valence-electron chi connectivity index (χ3n) is 2.46. The molecule has 0 unspecified atom stereocenters. The zero-order chi connectivity index (χ0) is 15.7. The Balaban J connectivity index is 2.91. The number of aryl methyl sites for hydroxylation is 1. The number of hydrogen-bond acceptors (Lipinski definition) is 5. The van der Waals surface area contributed by atoms with E-state index in [9.17, 15) is 9.59 Å². The minimum Gasteiger partial charge on any atom is -0.444 e. The highest BCUT2D eigenvalue weighted by Crippen LogP contribution is 2.28. The van der Waals surface area contributed by atoms with Crippen molar-refractivity contribution in [1.29, 1.82) is 0 Å². The van der Waals surface area contributed by atoms with Gasteiger partial charge in [-0.1, -0.05) is 0 Å². The molecule has 1 heterocycles. The van der Waals surface area contributed by atoms with Crippen LogP contribution in [0.25, 0.3) is 0 Å². The van der Waals surface area contributed by atoms with E-state index in [0.717, 1.165) is 0 Å². The SMILES string of the molecule is CC(=O)c1sc(C(C)(C)NC(=O)OC(C)(C)C)nc1C. The highest BCUT2D eigenvalue weighted by molar-refractivity contribution is 7.14. The number of amides is 1. The molecule has 0 aromatic carbocycles. The molecular weight excluding hydrogens is 276 g/mol. The Labute approximate surface area is 123 Å². The van der Waals surface area contributed by atoms with E-state index < -0.39 is 17.2 Å². The summed E-state index contributed by atoms with van der Waals surface area (Å²) in [5, 5.41) is 3.47. The van der Waals surface area contributed by atoms with Crippen molar-refractivity contribution in [2.75, 3.05) is 0 Å². The Kier molecular flexibility index (Phi) is 4.59. The molecule has 112 valence electrons. The van der Waals surface area contributed by atoms with Crippen LogP contribution in [0.2, 0.25) is 0 Å². The number of nitrogens with one attached hydrogen (secondary N) is 1. The van der Waals surface area contributed by atoms with E-state index >= 15 is 0 Å². The van der Waals surface area contributed by atoms with Crippen molar-refractivity contribution < 1.29 is 14.3 Å². The Morgan fingerprint density at radius 2 is 1.75 bits per heavy atom. The van der Waals surface area contributed by atoms with Gasteiger partial charge in [-0.3, -0.25) is 4.79 Å². The van der Waals surface area contributed by atoms with Crippen LogP contribution in [0, 0.1) is 6.92 Å². The number of ketones is 1. The van der Waals surface area contributed by atoms with Crippen molar-refractivity contribution in [3.05, 3.63) is 15.6 Å². The summed E-state index contributed by atoms with van der Waals surface area (Å²) in [4.78, 5) is 28.3. The highest BCUT2D eigenvalue weighted by Gasteiger charge is 2.30. The average molecular weight is 298 g/mol. The first-order valence-corrected chi connectivity index (χ1v) is 7.24. The van der Waals surface area contributed by atoms with Crippen molar-refractivity contribution in [3.63, 3.8) is 0 Å². The van der Waals surface area contributed by atoms with Crippen molar-refractivity contribution in [1.82, 2.24) is 10.3 Å². The number of thiazole rings is 1. The van der Waals surface area contributed by atoms with Gasteiger partial charge in [0.2, 0.25) is 0 Å². The maximum atomic E-state index is 11.8. The average Bonchev–Trinajstić information content (AvgIpc) is 2.56. The molecule has 0 aliphatic heterocycles. The number of hydrogen-bond donors (Lipinski definition) is 1. The Morgan fingerprint density at radius 1 is 1.20 bits per heavy atom. The zero-order valence-electron chi connectivity index (χ0n) is 13.1. The smallest absolute Gasteiger partial charge is 0.408 e. The van der Waals surface area contributed by atoms with E-state index in [1.807, 2.05) is 13.8 Å². The minimum absolute atomic E-state index is 0.0145. The van der Waals surface area contributed by atoms with Gasteiger partial charge in [0, 0.05) is 6.92 Å². The first kappa shape index (κ1) is 16.6. The molecule has 6 heteroatoms. The molecule has 0 saturated carbocycles. The molecule has 0 bridgehead atoms. The first-order valence-electron chi connectivity index (χ1n) is 6.42. The monoisotopic (exact) mass is 298 g/mol. The van der Waals surface area contributed by atoms with Crippen LogP contribution in [0.15, 0.2) is 0 Å². The van der Waals surface area contributed by atoms with Crippen LogP contribution in [0.5, 0.6) is 0 Å². The Morgan fingerprint density at radius 3 is 2.15 bits per heavy atom. The predicted octanol–water partition coefficient (Wildman–Crippen LogP) is 3.41. The van der Waals surface area contributed by atoms with Crippen molar-refractivity contribution in [2.45, 2.75) is 59.6 Å². The van der Waals surface area contributed by atoms with Gasteiger partial charge in [-0.15, -0.1) is 11.3 Å². The van der Waals surface area contributed by atoms with Gasteiger partial charge in [0.25, 0.3) is 0 Å². The van der Waals surface area contributed by atoms with E-state index in [2.05, 4.69) is 10.3 Å². The lowest BCUT2D eigenvalue weighted by molar-refractivity contribution is 0.0470. The summed E-state index contributed by atoms with van der Waals surface area (Å²) in [6.07, 6.45) is -0.500. The number of carbonyl (C=O) groups is 2. The lowest BCUT2D eigenvalue weighted by Gasteiger charge is -2.27. The van der Waals surface area contributed by atoms with Gasteiger partial charge in [-0.05, 0) is 41.5 Å². The molecular formula is C14H22N2O3S. The summed E-state index contributed by atoms with van der Waals surface area (Å²) in [6.45, 7) is 12.4. The normalized spacial score (nSPS) is 12.2. The lowest BCUT2D eigenvalue weighted by Crippen LogP contribution is -2.43. The van der Waals surface area contributed by atoms with Gasteiger partial charge in [-0.25, -0.2) is 9.78 Å². The van der Waals surface area contributed by atoms with Crippen LogP contribution < -0.4 is 5.32 Å². The summed E-state index contributed by atoms with van der Waals surface area (Å²) in [5.41, 5.74) is -0.550. The zero-order valence-corrected chi connectivity index (χ0v) is 13.9. The molecule has 0 radical (unpaired) electrons. The van der Waals surface area contributed by atoms with Crippen LogP contribution in [-0.4, -0.2) is 22.5 Å². The van der Waals surface area contributed by atoms with Crippen LogP contribution in [0.1, 0.15) is 61.9 Å². The van der Waals surface area contributed by atoms with Gasteiger partial charge in [0.1, 0.15) is 10.6 Å². The second-order valence-electron chi connectivity index (χ2n) is 6.24. The number of ether oxygens (including phenoxy) is 1. The maximum absolute atomic E-state index is 11.8. The fraction of sp³-hybridized carbons (Fsp3) is 0.643. The summed E-state index contributed by atoms with van der Waals surface area (Å²) in [7, 11) is 0. The standard InChI is InChI=1S/C14H22N2O3S/c1-8-10(9(2)17)20-11(15-8)14(6,7)16-12(18)19-13(3,4)5/h1-7H3,(H,16,18). The van der Waals surface area contributed by atoms with Crippen LogP contribution in [0.4, 0.5) is 4.79 Å². The summed E-state index contributed by atoms with van der Waals surface area (Å²) < 4.78 is 5.24. The number of rotatable bonds is 3. The van der Waals surface area contributed by atoms with E-state index in [-0.39, 0.29) is 5.78 Å². The number of nitrogens with zero attached hydrogens (tertiary/aromatic N) is 1. The molecule has 20 heavy (non-hydrogen) atoms. The van der Waals surface area contributed by atoms with E-state index in [4.69, 9.17) is 4.74 Å². The van der Waals surface area contributed by atoms with Gasteiger partial charge >= 0.3 is 6.09 Å². The molecule has 0 spiro atoms. The third-order valence-corrected chi connectivity index (χ3v) is 4.05. The largest absolute Gasteiger partial charge is 0.444 e. The molecule has 1 aromatic heterocycles. The van der Waals surface area contributed by atoms with Crippen molar-refractivity contribution >= 4 is 23.2 Å². The first-order chi connectivity index (χ1) is 8.92. The van der Waals surface area contributed by atoms with E-state index in [1.54, 1.807) is 27.7 Å². The number of Topliss-reactive ketones (excluding diaryl/α,β-unsaturated/α-hetero) is 1. The fourth-order valence-electron chi connectivity index (χ4n) is 1.60. The predicted molar refractivity (Wildman–Crippen MR) is 79.3 cm³/mol. The second kappa shape index (κ2) is 5.52. The Hall–Kier alpha value is -1.43. The molecule has 0 aliphatic carbocycles. The molecule has 1 amide bonds. The third kappa shape index (κ3) is 4.30. The van der Waals surface area contributed by atoms with Gasteiger partial charge < -0.3 is 10.1 Å². The van der Waals surface area contributed by atoms with E-state index in [0.29, 0.717) is 15.6 Å². The fourth-order valence-corrected chi connectivity index (χ4v) is 2.62. The van der Waals surface area contributed by atoms with Crippen molar-refractivity contribution in [3.8, 4) is 0 Å². The molecule has 1 rings (SSSR count). The number of alkyl carbamates (subject to hydrolysis) is 1. The summed E-state index contributed by atoms with van der Waals surface area (Å²) in [5.74, 6) is -0.0145. The molecule has 0 saturated heterocycles. The molecule has 5 nitrogen and oxygen atoms in total. The molecule has 0 aliphatic rings. The van der Waals surface area contributed by atoms with Gasteiger partial charge in [-0.2, -0.15) is 0 Å². The Bertz CT molecular complexity index is 527. The molecule has 1 aromatic rings. The number of carbonyl (C=O) groups excluding carboxylic acids is 2. The lowest BCUT2D eigenvalue weighted by atomic mass is 10.1. The van der Waals surface area contributed by atoms with Gasteiger partial charge in [0.15, 0.2) is 5.78 Å². The summed E-state index contributed by atoms with van der Waals surface area (Å²) in [6, 6.07) is 0. The molecule has 0 atom stereocenters. The van der Waals surface area contributed by atoms with E-state index in [1.165, 1.54) is 18.3 Å². The van der Waals surface area contributed by atoms with Crippen LogP contribution >= 0.6 is 11.3 Å². The number of aromatic nitrogens is 1. The van der Waals surface area contributed by atoms with Gasteiger partial charge in [0.05, 0.1) is 16.1 Å². The highest BCUT2D eigenvalue weighted by atomic mass is 32.1. The van der Waals surface area contributed by atoms with Crippen molar-refractivity contribution in [2.24, 2.45) is 0 Å². The second-order valence-corrected chi connectivity index (χ2v) is 7.24. The van der Waals surface area contributed by atoms with Crippen LogP contribution in [-0.2, 0) is 10.3 Å². The quantitative estimate of drug-likeness (QED) is 0.868. The topological polar surface area (TPSA) is 68.3 Å². The molecule has 1 N–H and O–H groups in total.